The average molecular weight is 310 g/mol. The molecule has 3 nitrogen and oxygen atoms in total. The van der Waals surface area contributed by atoms with Crippen molar-refractivity contribution in [1.29, 1.82) is 0 Å². The number of nitrogens with one attached hydrogen (secondary N) is 1. The quantitative estimate of drug-likeness (QED) is 0.944. The van der Waals surface area contributed by atoms with Gasteiger partial charge in [0.2, 0.25) is 0 Å². The monoisotopic (exact) mass is 309 g/mol. The second-order valence-electron chi connectivity index (χ2n) is 5.03. The van der Waals surface area contributed by atoms with Crippen LogP contribution in [0.15, 0.2) is 35.7 Å². The average Bonchev–Trinajstić information content (AvgIpc) is 2.91. The lowest BCUT2D eigenvalue weighted by atomic mass is 10.2. The zero-order valence-corrected chi connectivity index (χ0v) is 13.2. The number of thiazole rings is 1. The van der Waals surface area contributed by atoms with Crippen molar-refractivity contribution in [3.8, 4) is 10.6 Å². The maximum absolute atomic E-state index is 4.77. The number of aromatic nitrogens is 1. The highest BCUT2D eigenvalue weighted by molar-refractivity contribution is 7.13. The molecule has 1 N–H and O–H groups in total. The molecule has 20 heavy (non-hydrogen) atoms. The number of nitrogens with zero attached hydrogens (tertiary/aromatic N) is 2. The van der Waals surface area contributed by atoms with E-state index in [0.717, 1.165) is 31.2 Å². The van der Waals surface area contributed by atoms with Gasteiger partial charge in [-0.25, -0.2) is 4.98 Å². The Kier molecular flexibility index (Phi) is 5.54. The molecule has 5 heteroatoms. The molecule has 1 aliphatic heterocycles. The number of hydrogen-bond donors (Lipinski definition) is 1. The molecule has 0 radical (unpaired) electrons. The van der Waals surface area contributed by atoms with E-state index in [9.17, 15) is 0 Å². The van der Waals surface area contributed by atoms with E-state index in [-0.39, 0.29) is 12.4 Å². The molecule has 1 aromatic carbocycles. The summed E-state index contributed by atoms with van der Waals surface area (Å²) >= 11 is 1.74. The number of hydrogen-bond acceptors (Lipinski definition) is 4. The molecule has 0 saturated carbocycles. The van der Waals surface area contributed by atoms with Crippen molar-refractivity contribution in [1.82, 2.24) is 15.2 Å². The lowest BCUT2D eigenvalue weighted by Crippen LogP contribution is -2.49. The van der Waals surface area contributed by atoms with Gasteiger partial charge in [0.1, 0.15) is 5.01 Å². The smallest absolute Gasteiger partial charge is 0.123 e. The van der Waals surface area contributed by atoms with Gasteiger partial charge < -0.3 is 5.32 Å². The molecule has 1 saturated heterocycles. The summed E-state index contributed by atoms with van der Waals surface area (Å²) in [5.41, 5.74) is 2.41. The summed E-state index contributed by atoms with van der Waals surface area (Å²) < 4.78 is 0. The van der Waals surface area contributed by atoms with Gasteiger partial charge in [-0.2, -0.15) is 0 Å². The second-order valence-corrected chi connectivity index (χ2v) is 5.89. The number of rotatable bonds is 3. The molecule has 2 aromatic rings. The van der Waals surface area contributed by atoms with Gasteiger partial charge >= 0.3 is 0 Å². The molecule has 1 aliphatic rings. The first-order valence-corrected chi connectivity index (χ1v) is 7.65. The first-order valence-electron chi connectivity index (χ1n) is 6.77. The summed E-state index contributed by atoms with van der Waals surface area (Å²) in [6, 6.07) is 11.0. The van der Waals surface area contributed by atoms with Crippen LogP contribution < -0.4 is 5.32 Å². The van der Waals surface area contributed by atoms with E-state index in [0.29, 0.717) is 6.04 Å². The maximum Gasteiger partial charge on any atom is 0.123 e. The minimum atomic E-state index is 0. The molecular formula is C15H20ClN3S. The molecule has 0 bridgehead atoms. The molecule has 1 aromatic heterocycles. The van der Waals surface area contributed by atoms with Gasteiger partial charge in [0.15, 0.2) is 0 Å². The highest BCUT2D eigenvalue weighted by Gasteiger charge is 2.18. The minimum Gasteiger partial charge on any atom is -0.314 e. The highest BCUT2D eigenvalue weighted by atomic mass is 35.5. The van der Waals surface area contributed by atoms with Crippen LogP contribution in [0.4, 0.5) is 0 Å². The molecule has 1 atom stereocenters. The summed E-state index contributed by atoms with van der Waals surface area (Å²) in [5.74, 6) is 0. The van der Waals surface area contributed by atoms with Crippen LogP contribution in [0.3, 0.4) is 0 Å². The molecular weight excluding hydrogens is 290 g/mol. The van der Waals surface area contributed by atoms with Crippen LogP contribution >= 0.6 is 23.7 Å². The van der Waals surface area contributed by atoms with Gasteiger partial charge in [-0.15, -0.1) is 23.7 Å². The van der Waals surface area contributed by atoms with E-state index in [1.807, 2.05) is 6.07 Å². The fourth-order valence-corrected chi connectivity index (χ4v) is 3.24. The summed E-state index contributed by atoms with van der Waals surface area (Å²) in [7, 11) is 0. The summed E-state index contributed by atoms with van der Waals surface area (Å²) in [5, 5.41) is 6.74. The number of benzene rings is 1. The van der Waals surface area contributed by atoms with Gasteiger partial charge in [-0.3, -0.25) is 4.90 Å². The third kappa shape index (κ3) is 3.58. The Bertz CT molecular complexity index is 529. The molecule has 108 valence electrons. The first kappa shape index (κ1) is 15.4. The molecule has 0 spiro atoms. The van der Waals surface area contributed by atoms with Crippen molar-refractivity contribution in [2.75, 3.05) is 19.6 Å². The highest BCUT2D eigenvalue weighted by Crippen LogP contribution is 2.24. The standard InChI is InChI=1S/C15H19N3S.ClH/c1-12-9-16-7-8-18(12)10-14-11-19-15(17-14)13-5-3-2-4-6-13;/h2-6,11-12,16H,7-10H2,1H3;1H/t12-;/m1./s1. The Morgan fingerprint density at radius 3 is 2.90 bits per heavy atom. The second kappa shape index (κ2) is 7.18. The van der Waals surface area contributed by atoms with Gasteiger partial charge in [0, 0.05) is 43.2 Å². The largest absolute Gasteiger partial charge is 0.314 e. The Morgan fingerprint density at radius 2 is 2.15 bits per heavy atom. The topological polar surface area (TPSA) is 28.2 Å². The van der Waals surface area contributed by atoms with Crippen LogP contribution in [-0.2, 0) is 6.54 Å². The molecule has 2 heterocycles. The zero-order valence-electron chi connectivity index (χ0n) is 11.6. The molecule has 0 amide bonds. The Labute approximate surface area is 130 Å². The van der Waals surface area contributed by atoms with Gasteiger partial charge in [-0.05, 0) is 6.92 Å². The van der Waals surface area contributed by atoms with Crippen molar-refractivity contribution < 1.29 is 0 Å². The van der Waals surface area contributed by atoms with E-state index in [1.165, 1.54) is 11.3 Å². The van der Waals surface area contributed by atoms with Crippen LogP contribution in [0.1, 0.15) is 12.6 Å². The first-order chi connectivity index (χ1) is 9.33. The molecule has 3 rings (SSSR count). The van der Waals surface area contributed by atoms with Crippen LogP contribution in [0.5, 0.6) is 0 Å². The Hall–Kier alpha value is -0.940. The zero-order chi connectivity index (χ0) is 13.1. The number of piperazine rings is 1. The predicted molar refractivity (Wildman–Crippen MR) is 87.5 cm³/mol. The lowest BCUT2D eigenvalue weighted by molar-refractivity contribution is 0.164. The van der Waals surface area contributed by atoms with Crippen LogP contribution in [0, 0.1) is 0 Å². The predicted octanol–water partition coefficient (Wildman–Crippen LogP) is 3.03. The van der Waals surface area contributed by atoms with E-state index in [1.54, 1.807) is 11.3 Å². The normalized spacial score (nSPS) is 19.6. The van der Waals surface area contributed by atoms with E-state index >= 15 is 0 Å². The molecule has 0 aliphatic carbocycles. The number of halogens is 1. The van der Waals surface area contributed by atoms with Crippen molar-refractivity contribution >= 4 is 23.7 Å². The Balaban J connectivity index is 0.00000147. The third-order valence-electron chi connectivity index (χ3n) is 3.58. The Morgan fingerprint density at radius 1 is 1.35 bits per heavy atom. The maximum atomic E-state index is 4.77. The molecule has 0 unspecified atom stereocenters. The van der Waals surface area contributed by atoms with Crippen LogP contribution in [0.2, 0.25) is 0 Å². The van der Waals surface area contributed by atoms with E-state index < -0.39 is 0 Å². The van der Waals surface area contributed by atoms with Gasteiger partial charge in [-0.1, -0.05) is 30.3 Å². The third-order valence-corrected chi connectivity index (χ3v) is 4.52. The van der Waals surface area contributed by atoms with E-state index in [4.69, 9.17) is 4.98 Å². The summed E-state index contributed by atoms with van der Waals surface area (Å²) in [6.07, 6.45) is 0. The SMILES string of the molecule is C[C@@H]1CNCCN1Cc1csc(-c2ccccc2)n1.Cl. The van der Waals surface area contributed by atoms with Crippen LogP contribution in [-0.4, -0.2) is 35.6 Å². The fraction of sp³-hybridized carbons (Fsp3) is 0.400. The summed E-state index contributed by atoms with van der Waals surface area (Å²) in [4.78, 5) is 7.27. The van der Waals surface area contributed by atoms with Crippen LogP contribution in [0.25, 0.3) is 10.6 Å². The van der Waals surface area contributed by atoms with Gasteiger partial charge in [0.05, 0.1) is 5.69 Å². The van der Waals surface area contributed by atoms with Crippen molar-refractivity contribution in [2.45, 2.75) is 19.5 Å². The fourth-order valence-electron chi connectivity index (χ4n) is 2.42. The van der Waals surface area contributed by atoms with Crippen molar-refractivity contribution in [3.05, 3.63) is 41.4 Å². The lowest BCUT2D eigenvalue weighted by Gasteiger charge is -2.33. The van der Waals surface area contributed by atoms with E-state index in [2.05, 4.69) is 46.8 Å². The van der Waals surface area contributed by atoms with Crippen molar-refractivity contribution in [3.63, 3.8) is 0 Å². The van der Waals surface area contributed by atoms with Crippen molar-refractivity contribution in [2.24, 2.45) is 0 Å². The minimum absolute atomic E-state index is 0. The molecule has 1 fully saturated rings. The van der Waals surface area contributed by atoms with Gasteiger partial charge in [0.25, 0.3) is 0 Å². The summed E-state index contributed by atoms with van der Waals surface area (Å²) in [6.45, 7) is 6.51.